The van der Waals surface area contributed by atoms with Gasteiger partial charge in [0.1, 0.15) is 17.3 Å². The number of hydrogen-bond donors (Lipinski definition) is 3. The summed E-state index contributed by atoms with van der Waals surface area (Å²) in [5.74, 6) is 0.720. The number of halogens is 1. The zero-order chi connectivity index (χ0) is 22.9. The smallest absolute Gasteiger partial charge is 0.326 e. The van der Waals surface area contributed by atoms with Gasteiger partial charge in [0, 0.05) is 35.6 Å². The Balaban J connectivity index is 1.64. The van der Waals surface area contributed by atoms with Crippen LogP contribution in [0.5, 0.6) is 0 Å². The Bertz CT molecular complexity index is 1420. The summed E-state index contributed by atoms with van der Waals surface area (Å²) in [5.41, 5.74) is 2.76. The van der Waals surface area contributed by atoms with Crippen LogP contribution in [0.25, 0.3) is 11.7 Å². The number of amides is 3. The van der Waals surface area contributed by atoms with E-state index in [9.17, 15) is 9.59 Å². The van der Waals surface area contributed by atoms with Crippen LogP contribution in [0.4, 0.5) is 27.8 Å². The third-order valence-electron chi connectivity index (χ3n) is 4.97. The number of rotatable bonds is 5. The molecule has 0 atom stereocenters. The fourth-order valence-corrected chi connectivity index (χ4v) is 3.60. The first kappa shape index (κ1) is 20.5. The average molecular weight is 461 g/mol. The molecule has 10 nitrogen and oxygen atoms in total. The molecule has 3 aromatic heterocycles. The Morgan fingerprint density at radius 3 is 2.73 bits per heavy atom. The van der Waals surface area contributed by atoms with Crippen molar-refractivity contribution in [3.63, 3.8) is 0 Å². The van der Waals surface area contributed by atoms with Gasteiger partial charge >= 0.3 is 6.03 Å². The lowest BCUT2D eigenvalue weighted by Crippen LogP contribution is -2.22. The zero-order valence-corrected chi connectivity index (χ0v) is 18.0. The Labute approximate surface area is 192 Å². The lowest BCUT2D eigenvalue weighted by atomic mass is 10.2. The van der Waals surface area contributed by atoms with Crippen LogP contribution in [-0.4, -0.2) is 38.6 Å². The van der Waals surface area contributed by atoms with Crippen LogP contribution in [0.2, 0.25) is 5.02 Å². The van der Waals surface area contributed by atoms with Gasteiger partial charge in [-0.25, -0.2) is 9.78 Å². The van der Waals surface area contributed by atoms with Gasteiger partial charge in [-0.1, -0.05) is 17.7 Å². The third-order valence-corrected chi connectivity index (χ3v) is 5.21. The normalized spacial score (nSPS) is 14.4. The molecule has 1 fully saturated rings. The SMILES string of the molecule is CN(c1cccnc1)c1cc(Nc2cccc(Cl)c2)nc2c(/C=C3/NC(=O)NC3=O)cnn12. The summed E-state index contributed by atoms with van der Waals surface area (Å²) in [7, 11) is 1.89. The van der Waals surface area contributed by atoms with Crippen LogP contribution >= 0.6 is 11.6 Å². The topological polar surface area (TPSA) is 117 Å². The zero-order valence-electron chi connectivity index (χ0n) is 17.3. The van der Waals surface area contributed by atoms with Gasteiger partial charge in [-0.15, -0.1) is 0 Å². The first-order chi connectivity index (χ1) is 16.0. The number of imide groups is 1. The molecule has 1 aliphatic rings. The molecular weight excluding hydrogens is 444 g/mol. The van der Waals surface area contributed by atoms with Gasteiger partial charge in [0.15, 0.2) is 5.65 Å². The number of anilines is 4. The van der Waals surface area contributed by atoms with Crippen LogP contribution < -0.4 is 20.9 Å². The van der Waals surface area contributed by atoms with Crippen molar-refractivity contribution in [1.82, 2.24) is 30.2 Å². The molecule has 3 amide bonds. The number of urea groups is 1. The van der Waals surface area contributed by atoms with Crippen LogP contribution in [0.1, 0.15) is 5.56 Å². The maximum atomic E-state index is 12.0. The van der Waals surface area contributed by atoms with Gasteiger partial charge in [-0.3, -0.25) is 15.1 Å². The van der Waals surface area contributed by atoms with E-state index >= 15 is 0 Å². The maximum Gasteiger partial charge on any atom is 0.326 e. The van der Waals surface area contributed by atoms with Crippen LogP contribution in [-0.2, 0) is 4.79 Å². The molecular formula is C22H17ClN8O2. The van der Waals surface area contributed by atoms with E-state index in [1.807, 2.05) is 42.3 Å². The molecule has 0 unspecified atom stereocenters. The number of carbonyl (C=O) groups is 2. The minimum absolute atomic E-state index is 0.118. The molecule has 0 aliphatic carbocycles. The number of benzene rings is 1. The number of fused-ring (bicyclic) bond motifs is 1. The molecule has 0 bridgehead atoms. The van der Waals surface area contributed by atoms with E-state index in [0.29, 0.717) is 27.9 Å². The molecule has 5 rings (SSSR count). The second kappa shape index (κ2) is 8.24. The quantitative estimate of drug-likeness (QED) is 0.308. The lowest BCUT2D eigenvalue weighted by molar-refractivity contribution is -0.115. The van der Waals surface area contributed by atoms with E-state index in [0.717, 1.165) is 11.4 Å². The van der Waals surface area contributed by atoms with Crippen LogP contribution in [0.3, 0.4) is 0 Å². The molecule has 0 saturated carbocycles. The molecule has 3 N–H and O–H groups in total. The summed E-state index contributed by atoms with van der Waals surface area (Å²) < 4.78 is 1.65. The highest BCUT2D eigenvalue weighted by Crippen LogP contribution is 2.29. The molecule has 4 aromatic rings. The minimum Gasteiger partial charge on any atom is -0.340 e. The number of aromatic nitrogens is 4. The standard InChI is InChI=1S/C22H17ClN8O2/c1-30(16-6-3-7-24-12-16)19-10-18(26-15-5-2-4-14(23)9-15)28-20-13(11-25-31(19)20)8-17-21(32)29-22(33)27-17/h2-12H,1H3,(H,26,28)(H2,27,29,32,33)/b17-8+. The summed E-state index contributed by atoms with van der Waals surface area (Å²) in [5, 5.41) is 13.0. The number of carbonyl (C=O) groups excluding carboxylic acids is 2. The Hall–Kier alpha value is -4.44. The van der Waals surface area contributed by atoms with Crippen molar-refractivity contribution in [1.29, 1.82) is 0 Å². The average Bonchev–Trinajstić information content (AvgIpc) is 3.35. The summed E-state index contributed by atoms with van der Waals surface area (Å²) in [6.45, 7) is 0. The molecule has 1 aliphatic heterocycles. The summed E-state index contributed by atoms with van der Waals surface area (Å²) in [4.78, 5) is 34.3. The number of nitrogens with one attached hydrogen (secondary N) is 3. The number of hydrogen-bond acceptors (Lipinski definition) is 7. The Morgan fingerprint density at radius 2 is 2.00 bits per heavy atom. The summed E-state index contributed by atoms with van der Waals surface area (Å²) in [6, 6.07) is 12.3. The van der Waals surface area contributed by atoms with Crippen molar-refractivity contribution in [2.45, 2.75) is 0 Å². The van der Waals surface area contributed by atoms with Gasteiger partial charge < -0.3 is 15.5 Å². The maximum absolute atomic E-state index is 12.0. The minimum atomic E-state index is -0.573. The highest BCUT2D eigenvalue weighted by molar-refractivity contribution is 6.30. The first-order valence-corrected chi connectivity index (χ1v) is 10.2. The van der Waals surface area contributed by atoms with E-state index < -0.39 is 11.9 Å². The van der Waals surface area contributed by atoms with Crippen molar-refractivity contribution < 1.29 is 9.59 Å². The first-order valence-electron chi connectivity index (χ1n) is 9.87. The van der Waals surface area contributed by atoms with E-state index in [1.165, 1.54) is 6.08 Å². The molecule has 1 saturated heterocycles. The lowest BCUT2D eigenvalue weighted by Gasteiger charge is -2.20. The molecule has 0 radical (unpaired) electrons. The highest BCUT2D eigenvalue weighted by atomic mass is 35.5. The molecule has 4 heterocycles. The number of pyridine rings is 1. The van der Waals surface area contributed by atoms with E-state index in [-0.39, 0.29) is 5.70 Å². The van der Waals surface area contributed by atoms with Gasteiger partial charge in [-0.05, 0) is 36.4 Å². The largest absolute Gasteiger partial charge is 0.340 e. The van der Waals surface area contributed by atoms with Crippen molar-refractivity contribution in [3.05, 3.63) is 77.3 Å². The molecule has 1 aromatic carbocycles. The van der Waals surface area contributed by atoms with E-state index in [1.54, 1.807) is 35.2 Å². The van der Waals surface area contributed by atoms with Crippen molar-refractivity contribution in [3.8, 4) is 0 Å². The molecule has 33 heavy (non-hydrogen) atoms. The van der Waals surface area contributed by atoms with Crippen molar-refractivity contribution >= 4 is 58.3 Å². The fraction of sp³-hybridized carbons (Fsp3) is 0.0455. The van der Waals surface area contributed by atoms with Gasteiger partial charge in [0.2, 0.25) is 0 Å². The monoisotopic (exact) mass is 460 g/mol. The molecule has 0 spiro atoms. The molecule has 164 valence electrons. The van der Waals surface area contributed by atoms with Crippen molar-refractivity contribution in [2.24, 2.45) is 0 Å². The second-order valence-electron chi connectivity index (χ2n) is 7.21. The van der Waals surface area contributed by atoms with E-state index in [4.69, 9.17) is 16.6 Å². The number of nitrogens with zero attached hydrogens (tertiary/aromatic N) is 5. The Kier molecular flexibility index (Phi) is 5.11. The van der Waals surface area contributed by atoms with E-state index in [2.05, 4.69) is 26.0 Å². The summed E-state index contributed by atoms with van der Waals surface area (Å²) in [6.07, 6.45) is 6.55. The predicted molar refractivity (Wildman–Crippen MR) is 125 cm³/mol. The van der Waals surface area contributed by atoms with Crippen LogP contribution in [0, 0.1) is 0 Å². The van der Waals surface area contributed by atoms with Gasteiger partial charge in [-0.2, -0.15) is 9.61 Å². The highest BCUT2D eigenvalue weighted by Gasteiger charge is 2.24. The Morgan fingerprint density at radius 1 is 1.12 bits per heavy atom. The molecule has 11 heteroatoms. The van der Waals surface area contributed by atoms with Gasteiger partial charge in [0.05, 0.1) is 18.1 Å². The van der Waals surface area contributed by atoms with Crippen molar-refractivity contribution in [2.75, 3.05) is 17.3 Å². The van der Waals surface area contributed by atoms with Crippen LogP contribution in [0.15, 0.2) is 66.8 Å². The fourth-order valence-electron chi connectivity index (χ4n) is 3.41. The predicted octanol–water partition coefficient (Wildman–Crippen LogP) is 3.47. The summed E-state index contributed by atoms with van der Waals surface area (Å²) >= 11 is 6.13. The second-order valence-corrected chi connectivity index (χ2v) is 7.64. The third kappa shape index (κ3) is 4.06. The van der Waals surface area contributed by atoms with Gasteiger partial charge in [0.25, 0.3) is 5.91 Å².